The Morgan fingerprint density at radius 3 is 2.52 bits per heavy atom. The van der Waals surface area contributed by atoms with E-state index in [2.05, 4.69) is 68.0 Å². The summed E-state index contributed by atoms with van der Waals surface area (Å²) in [6, 6.07) is 10.7. The van der Waals surface area contributed by atoms with E-state index >= 15 is 0 Å². The lowest BCUT2D eigenvalue weighted by molar-refractivity contribution is 0.587. The number of pyridine rings is 1. The van der Waals surface area contributed by atoms with Crippen molar-refractivity contribution in [1.29, 1.82) is 0 Å². The van der Waals surface area contributed by atoms with Crippen molar-refractivity contribution in [2.24, 2.45) is 5.92 Å². The largest absolute Gasteiger partial charge is 0.436 e. The number of rotatable bonds is 5. The normalized spacial score (nSPS) is 11.3. The van der Waals surface area contributed by atoms with Crippen LogP contribution in [-0.2, 0) is 12.8 Å². The van der Waals surface area contributed by atoms with Crippen LogP contribution in [0.15, 0.2) is 40.9 Å². The maximum atomic E-state index is 6.09. The van der Waals surface area contributed by atoms with Gasteiger partial charge in [-0.1, -0.05) is 32.4 Å². The van der Waals surface area contributed by atoms with Crippen LogP contribution in [0.3, 0.4) is 0 Å². The van der Waals surface area contributed by atoms with Gasteiger partial charge in [-0.15, -0.1) is 0 Å². The molecule has 0 amide bonds. The van der Waals surface area contributed by atoms with E-state index in [-0.39, 0.29) is 0 Å². The maximum Gasteiger partial charge on any atom is 0.226 e. The van der Waals surface area contributed by atoms with Gasteiger partial charge in [-0.3, -0.25) is 4.98 Å². The molecule has 0 bridgehead atoms. The van der Waals surface area contributed by atoms with E-state index in [0.29, 0.717) is 11.8 Å². The zero-order chi connectivity index (χ0) is 18.0. The Morgan fingerprint density at radius 1 is 1.00 bits per heavy atom. The van der Waals surface area contributed by atoms with Gasteiger partial charge in [-0.05, 0) is 62.4 Å². The summed E-state index contributed by atoms with van der Waals surface area (Å²) in [5.41, 5.74) is 6.73. The Kier molecular flexibility index (Phi) is 5.03. The molecule has 0 aliphatic carbocycles. The lowest BCUT2D eigenvalue weighted by Crippen LogP contribution is -1.99. The fraction of sp³-hybridized carbons (Fsp3) is 0.364. The van der Waals surface area contributed by atoms with Crippen molar-refractivity contribution in [3.63, 3.8) is 0 Å². The summed E-state index contributed by atoms with van der Waals surface area (Å²) < 4.78 is 6.09. The summed E-state index contributed by atoms with van der Waals surface area (Å²) in [7, 11) is 0. The SMILES string of the molecule is CCc1cc(C)cc(-c2ncc(-c3cc(C)nc(CC(C)C)c3)o2)c1. The number of oxazole rings is 1. The zero-order valence-electron chi connectivity index (χ0n) is 15.8. The third-order valence-electron chi connectivity index (χ3n) is 4.21. The van der Waals surface area contributed by atoms with E-state index in [4.69, 9.17) is 4.42 Å². The third-order valence-corrected chi connectivity index (χ3v) is 4.21. The lowest BCUT2D eigenvalue weighted by atomic mass is 10.0. The van der Waals surface area contributed by atoms with Crippen LogP contribution in [-0.4, -0.2) is 9.97 Å². The van der Waals surface area contributed by atoms with E-state index in [1.165, 1.54) is 11.1 Å². The Morgan fingerprint density at radius 2 is 1.80 bits per heavy atom. The molecular weight excluding hydrogens is 308 g/mol. The molecule has 0 saturated heterocycles. The number of aryl methyl sites for hydroxylation is 3. The molecule has 25 heavy (non-hydrogen) atoms. The second-order valence-electron chi connectivity index (χ2n) is 7.18. The van der Waals surface area contributed by atoms with Crippen LogP contribution in [0.1, 0.15) is 43.3 Å². The minimum Gasteiger partial charge on any atom is -0.436 e. The summed E-state index contributed by atoms with van der Waals surface area (Å²) in [5.74, 6) is 2.05. The van der Waals surface area contributed by atoms with Gasteiger partial charge in [-0.25, -0.2) is 4.98 Å². The van der Waals surface area contributed by atoms with Gasteiger partial charge in [0, 0.05) is 22.5 Å². The van der Waals surface area contributed by atoms with E-state index in [0.717, 1.165) is 41.1 Å². The van der Waals surface area contributed by atoms with Crippen molar-refractivity contribution in [3.8, 4) is 22.8 Å². The quantitative estimate of drug-likeness (QED) is 0.593. The van der Waals surface area contributed by atoms with Crippen molar-refractivity contribution in [3.05, 3.63) is 59.0 Å². The van der Waals surface area contributed by atoms with Crippen LogP contribution in [0.4, 0.5) is 0 Å². The van der Waals surface area contributed by atoms with Crippen molar-refractivity contribution < 1.29 is 4.42 Å². The lowest BCUT2D eigenvalue weighted by Gasteiger charge is -2.07. The topological polar surface area (TPSA) is 38.9 Å². The van der Waals surface area contributed by atoms with Crippen molar-refractivity contribution in [2.75, 3.05) is 0 Å². The highest BCUT2D eigenvalue weighted by Gasteiger charge is 2.12. The van der Waals surface area contributed by atoms with Gasteiger partial charge in [0.1, 0.15) is 0 Å². The third kappa shape index (κ3) is 4.16. The summed E-state index contributed by atoms with van der Waals surface area (Å²) in [4.78, 5) is 9.15. The zero-order valence-corrected chi connectivity index (χ0v) is 15.8. The fourth-order valence-corrected chi connectivity index (χ4v) is 3.13. The van der Waals surface area contributed by atoms with Crippen LogP contribution in [0.25, 0.3) is 22.8 Å². The molecule has 3 nitrogen and oxygen atoms in total. The molecule has 0 spiro atoms. The molecule has 0 atom stereocenters. The second kappa shape index (κ2) is 7.22. The highest BCUT2D eigenvalue weighted by atomic mass is 16.4. The van der Waals surface area contributed by atoms with Crippen molar-refractivity contribution in [1.82, 2.24) is 9.97 Å². The average Bonchev–Trinajstić information content (AvgIpc) is 3.03. The van der Waals surface area contributed by atoms with Gasteiger partial charge in [0.05, 0.1) is 6.20 Å². The Labute approximate surface area is 150 Å². The number of hydrogen-bond acceptors (Lipinski definition) is 3. The molecule has 2 aromatic heterocycles. The standard InChI is InChI=1S/C22H26N2O/c1-6-17-8-15(4)9-19(11-17)22-23-13-21(25-22)18-10-16(5)24-20(12-18)7-14(2)3/h8-14H,6-7H2,1-5H3. The monoisotopic (exact) mass is 334 g/mol. The number of nitrogens with zero attached hydrogens (tertiary/aromatic N) is 2. The summed E-state index contributed by atoms with van der Waals surface area (Å²) >= 11 is 0. The maximum absolute atomic E-state index is 6.09. The Balaban J connectivity index is 1.96. The van der Waals surface area contributed by atoms with E-state index in [1.807, 2.05) is 13.1 Å². The molecule has 0 unspecified atom stereocenters. The second-order valence-corrected chi connectivity index (χ2v) is 7.18. The van der Waals surface area contributed by atoms with E-state index in [1.54, 1.807) is 0 Å². The average molecular weight is 334 g/mol. The molecule has 130 valence electrons. The molecule has 0 radical (unpaired) electrons. The molecule has 3 heteroatoms. The van der Waals surface area contributed by atoms with Gasteiger partial charge in [0.25, 0.3) is 0 Å². The first kappa shape index (κ1) is 17.4. The molecular formula is C22H26N2O. The summed E-state index contributed by atoms with van der Waals surface area (Å²) in [5, 5.41) is 0. The summed E-state index contributed by atoms with van der Waals surface area (Å²) in [6.45, 7) is 10.7. The van der Waals surface area contributed by atoms with Crippen molar-refractivity contribution >= 4 is 0 Å². The first-order valence-corrected chi connectivity index (χ1v) is 8.99. The molecule has 0 saturated carbocycles. The smallest absolute Gasteiger partial charge is 0.226 e. The fourth-order valence-electron chi connectivity index (χ4n) is 3.13. The number of hydrogen-bond donors (Lipinski definition) is 0. The van der Waals surface area contributed by atoms with Crippen LogP contribution in [0.5, 0.6) is 0 Å². The van der Waals surface area contributed by atoms with Crippen LogP contribution in [0, 0.1) is 19.8 Å². The predicted octanol–water partition coefficient (Wildman–Crippen LogP) is 5.78. The van der Waals surface area contributed by atoms with Crippen LogP contribution < -0.4 is 0 Å². The van der Waals surface area contributed by atoms with Gasteiger partial charge in [-0.2, -0.15) is 0 Å². The molecule has 3 rings (SSSR count). The van der Waals surface area contributed by atoms with Gasteiger partial charge < -0.3 is 4.42 Å². The molecule has 0 aliphatic heterocycles. The van der Waals surface area contributed by atoms with Gasteiger partial charge in [0.15, 0.2) is 5.76 Å². The predicted molar refractivity (Wildman–Crippen MR) is 103 cm³/mol. The summed E-state index contributed by atoms with van der Waals surface area (Å²) in [6.07, 6.45) is 3.79. The first-order chi connectivity index (χ1) is 11.9. The number of benzene rings is 1. The Hall–Kier alpha value is -2.42. The highest BCUT2D eigenvalue weighted by molar-refractivity contribution is 5.62. The minimum absolute atomic E-state index is 0.576. The highest BCUT2D eigenvalue weighted by Crippen LogP contribution is 2.28. The number of aromatic nitrogens is 2. The molecule has 0 N–H and O–H groups in total. The molecule has 0 fully saturated rings. The molecule has 2 heterocycles. The molecule has 3 aromatic rings. The van der Waals surface area contributed by atoms with Gasteiger partial charge >= 0.3 is 0 Å². The van der Waals surface area contributed by atoms with Crippen molar-refractivity contribution in [2.45, 2.75) is 47.5 Å². The molecule has 1 aromatic carbocycles. The van der Waals surface area contributed by atoms with Crippen LogP contribution in [0.2, 0.25) is 0 Å². The van der Waals surface area contributed by atoms with Crippen LogP contribution >= 0.6 is 0 Å². The van der Waals surface area contributed by atoms with Gasteiger partial charge in [0.2, 0.25) is 5.89 Å². The Bertz CT molecular complexity index is 877. The minimum atomic E-state index is 0.576. The first-order valence-electron chi connectivity index (χ1n) is 8.99. The van der Waals surface area contributed by atoms with E-state index in [9.17, 15) is 0 Å². The van der Waals surface area contributed by atoms with E-state index < -0.39 is 0 Å². The molecule has 0 aliphatic rings.